The molecule has 3 rings (SSSR count). The zero-order valence-electron chi connectivity index (χ0n) is 12.1. The van der Waals surface area contributed by atoms with Crippen LogP contribution in [0.1, 0.15) is 12.0 Å². The fourth-order valence-electron chi connectivity index (χ4n) is 2.94. The Bertz CT molecular complexity index is 582. The molecule has 1 radical (unpaired) electrons. The van der Waals surface area contributed by atoms with Gasteiger partial charge in [0.15, 0.2) is 0 Å². The van der Waals surface area contributed by atoms with E-state index in [0.717, 1.165) is 50.5 Å². The van der Waals surface area contributed by atoms with E-state index >= 15 is 0 Å². The molecule has 1 aromatic rings. The first-order chi connectivity index (χ1) is 10.2. The normalized spacial score (nSPS) is 19.7. The van der Waals surface area contributed by atoms with Crippen LogP contribution in [0.3, 0.4) is 0 Å². The summed E-state index contributed by atoms with van der Waals surface area (Å²) in [6, 6.07) is 8.53. The maximum absolute atomic E-state index is 12.5. The lowest BCUT2D eigenvalue weighted by molar-refractivity contribution is 0.0381. The van der Waals surface area contributed by atoms with Crippen LogP contribution in [0.2, 0.25) is 0 Å². The van der Waals surface area contributed by atoms with Crippen LogP contribution in [0.5, 0.6) is 0 Å². The van der Waals surface area contributed by atoms with Gasteiger partial charge in [-0.15, -0.1) is 0 Å². The molecule has 6 heteroatoms. The van der Waals surface area contributed by atoms with Gasteiger partial charge in [-0.2, -0.15) is 0 Å². The van der Waals surface area contributed by atoms with Crippen LogP contribution in [0.25, 0.3) is 0 Å². The molecule has 115 valence electrons. The number of anilines is 1. The standard InChI is InChI=1S/C15H21N2O3S/c18-21(19,13-3-7-16-9-11-20-12-10-16)17-8-6-14-4-1-2-5-15(14)17/h2,4-5H,3,6-13H2. The largest absolute Gasteiger partial charge is 0.379 e. The molecule has 0 unspecified atom stereocenters. The molecule has 1 saturated heterocycles. The summed E-state index contributed by atoms with van der Waals surface area (Å²) < 4.78 is 31.9. The van der Waals surface area contributed by atoms with Crippen LogP contribution < -0.4 is 4.31 Å². The highest BCUT2D eigenvalue weighted by Gasteiger charge is 2.28. The van der Waals surface area contributed by atoms with Crippen molar-refractivity contribution in [2.45, 2.75) is 12.8 Å². The van der Waals surface area contributed by atoms with E-state index in [-0.39, 0.29) is 5.75 Å². The second-order valence-electron chi connectivity index (χ2n) is 5.50. The van der Waals surface area contributed by atoms with Gasteiger partial charge in [0.2, 0.25) is 10.0 Å². The third kappa shape index (κ3) is 3.39. The number of hydrogen-bond acceptors (Lipinski definition) is 4. The Balaban J connectivity index is 1.57. The molecule has 2 aliphatic heterocycles. The molecule has 1 aromatic carbocycles. The lowest BCUT2D eigenvalue weighted by Gasteiger charge is -2.27. The lowest BCUT2D eigenvalue weighted by Crippen LogP contribution is -2.38. The minimum Gasteiger partial charge on any atom is -0.379 e. The summed E-state index contributed by atoms with van der Waals surface area (Å²) in [7, 11) is -3.21. The summed E-state index contributed by atoms with van der Waals surface area (Å²) in [6.07, 6.45) is 1.46. The van der Waals surface area contributed by atoms with E-state index in [1.807, 2.05) is 12.1 Å². The number of hydrogen-bond donors (Lipinski definition) is 0. The van der Waals surface area contributed by atoms with Crippen molar-refractivity contribution < 1.29 is 13.2 Å². The molecule has 21 heavy (non-hydrogen) atoms. The first-order valence-electron chi connectivity index (χ1n) is 7.46. The van der Waals surface area contributed by atoms with Crippen LogP contribution in [-0.2, 0) is 21.2 Å². The summed E-state index contributed by atoms with van der Waals surface area (Å²) in [6.45, 7) is 4.70. The van der Waals surface area contributed by atoms with Crippen molar-refractivity contribution in [1.29, 1.82) is 0 Å². The molecular weight excluding hydrogens is 288 g/mol. The topological polar surface area (TPSA) is 49.9 Å². The molecule has 0 amide bonds. The highest BCUT2D eigenvalue weighted by Crippen LogP contribution is 2.29. The van der Waals surface area contributed by atoms with Gasteiger partial charge in [-0.05, 0) is 43.1 Å². The van der Waals surface area contributed by atoms with Crippen LogP contribution in [0.4, 0.5) is 5.69 Å². The number of nitrogens with zero attached hydrogens (tertiary/aromatic N) is 2. The smallest absolute Gasteiger partial charge is 0.235 e. The Morgan fingerprint density at radius 3 is 2.86 bits per heavy atom. The summed E-state index contributed by atoms with van der Waals surface area (Å²) in [4.78, 5) is 2.27. The number of ether oxygens (including phenoxy) is 1. The Morgan fingerprint density at radius 2 is 2.05 bits per heavy atom. The number of sulfonamides is 1. The summed E-state index contributed by atoms with van der Waals surface area (Å²) >= 11 is 0. The van der Waals surface area contributed by atoms with Crippen molar-refractivity contribution >= 4 is 15.7 Å². The predicted molar refractivity (Wildman–Crippen MR) is 82.0 cm³/mol. The molecule has 0 atom stereocenters. The lowest BCUT2D eigenvalue weighted by atomic mass is 10.2. The summed E-state index contributed by atoms with van der Waals surface area (Å²) in [5.74, 6) is 0.211. The van der Waals surface area contributed by atoms with Gasteiger partial charge >= 0.3 is 0 Å². The van der Waals surface area contributed by atoms with E-state index in [1.54, 1.807) is 10.4 Å². The van der Waals surface area contributed by atoms with E-state index in [2.05, 4.69) is 11.0 Å². The number of benzene rings is 1. The zero-order valence-corrected chi connectivity index (χ0v) is 12.9. The van der Waals surface area contributed by atoms with Crippen molar-refractivity contribution in [1.82, 2.24) is 4.90 Å². The number of fused-ring (bicyclic) bond motifs is 1. The third-order valence-electron chi connectivity index (χ3n) is 4.09. The van der Waals surface area contributed by atoms with Crippen molar-refractivity contribution in [2.75, 3.05) is 49.5 Å². The first kappa shape index (κ1) is 14.8. The fraction of sp³-hybridized carbons (Fsp3) is 0.600. The molecule has 2 heterocycles. The van der Waals surface area contributed by atoms with Gasteiger partial charge in [-0.3, -0.25) is 9.21 Å². The van der Waals surface area contributed by atoms with E-state index in [4.69, 9.17) is 4.74 Å². The van der Waals surface area contributed by atoms with Gasteiger partial charge in [-0.25, -0.2) is 8.42 Å². The van der Waals surface area contributed by atoms with E-state index in [1.165, 1.54) is 0 Å². The molecule has 5 nitrogen and oxygen atoms in total. The first-order valence-corrected chi connectivity index (χ1v) is 9.07. The molecule has 0 N–H and O–H groups in total. The van der Waals surface area contributed by atoms with Crippen molar-refractivity contribution in [2.24, 2.45) is 0 Å². The Labute approximate surface area is 126 Å². The third-order valence-corrected chi connectivity index (χ3v) is 5.95. The second kappa shape index (κ2) is 6.34. The Kier molecular flexibility index (Phi) is 4.47. The minimum absolute atomic E-state index is 0.211. The Hall–Kier alpha value is -1.11. The molecule has 2 aliphatic rings. The van der Waals surface area contributed by atoms with Crippen LogP contribution in [0, 0.1) is 6.07 Å². The van der Waals surface area contributed by atoms with Gasteiger partial charge in [0.05, 0.1) is 24.7 Å². The maximum atomic E-state index is 12.5. The highest BCUT2D eigenvalue weighted by molar-refractivity contribution is 7.92. The van der Waals surface area contributed by atoms with E-state index in [9.17, 15) is 8.42 Å². The molecular formula is C15H21N2O3S. The van der Waals surface area contributed by atoms with E-state index < -0.39 is 10.0 Å². The van der Waals surface area contributed by atoms with Gasteiger partial charge in [0.25, 0.3) is 0 Å². The minimum atomic E-state index is -3.21. The predicted octanol–water partition coefficient (Wildman–Crippen LogP) is 0.901. The van der Waals surface area contributed by atoms with Crippen LogP contribution in [-0.4, -0.2) is 58.5 Å². The summed E-state index contributed by atoms with van der Waals surface area (Å²) in [5, 5.41) is 0. The number of morpholine rings is 1. The monoisotopic (exact) mass is 309 g/mol. The summed E-state index contributed by atoms with van der Waals surface area (Å²) in [5.41, 5.74) is 1.91. The van der Waals surface area contributed by atoms with Crippen molar-refractivity contribution in [3.05, 3.63) is 29.8 Å². The van der Waals surface area contributed by atoms with Gasteiger partial charge in [0.1, 0.15) is 0 Å². The molecule has 1 fully saturated rings. The van der Waals surface area contributed by atoms with Gasteiger partial charge < -0.3 is 4.74 Å². The highest BCUT2D eigenvalue weighted by atomic mass is 32.2. The van der Waals surface area contributed by atoms with Crippen molar-refractivity contribution in [3.8, 4) is 0 Å². The van der Waals surface area contributed by atoms with Gasteiger partial charge in [0, 0.05) is 19.6 Å². The number of rotatable bonds is 5. The SMILES string of the molecule is O=S(=O)(CCCN1CCOCC1)N1CCc2c[c]ccc21. The molecule has 0 spiro atoms. The Morgan fingerprint density at radius 1 is 1.24 bits per heavy atom. The molecule has 0 aromatic heterocycles. The average molecular weight is 309 g/mol. The second-order valence-corrected chi connectivity index (χ2v) is 7.51. The average Bonchev–Trinajstić information content (AvgIpc) is 2.93. The quantitative estimate of drug-likeness (QED) is 0.811. The fourth-order valence-corrected chi connectivity index (χ4v) is 4.50. The van der Waals surface area contributed by atoms with Crippen LogP contribution in [0.15, 0.2) is 18.2 Å². The molecule has 0 bridgehead atoms. The molecule has 0 saturated carbocycles. The van der Waals surface area contributed by atoms with Gasteiger partial charge in [-0.1, -0.05) is 6.07 Å². The van der Waals surface area contributed by atoms with E-state index in [0.29, 0.717) is 13.0 Å². The van der Waals surface area contributed by atoms with Crippen LogP contribution >= 0.6 is 0 Å². The molecule has 0 aliphatic carbocycles. The zero-order chi connectivity index (χ0) is 14.7. The van der Waals surface area contributed by atoms with Crippen molar-refractivity contribution in [3.63, 3.8) is 0 Å². The maximum Gasteiger partial charge on any atom is 0.235 e.